The zero-order valence-electron chi connectivity index (χ0n) is 10.8. The van der Waals surface area contributed by atoms with Crippen molar-refractivity contribution in [3.63, 3.8) is 0 Å². The highest BCUT2D eigenvalue weighted by atomic mass is 16.5. The monoisotopic (exact) mass is 254 g/mol. The summed E-state index contributed by atoms with van der Waals surface area (Å²) < 4.78 is 6.40. The van der Waals surface area contributed by atoms with E-state index in [1.807, 2.05) is 6.92 Å². The number of carbonyl (C=O) groups excluding carboxylic acids is 2. The topological polar surface area (TPSA) is 85.2 Å². The van der Waals surface area contributed by atoms with Crippen molar-refractivity contribution in [1.82, 2.24) is 15.1 Å². The Kier molecular flexibility index (Phi) is 5.16. The van der Waals surface area contributed by atoms with Crippen LogP contribution in [0.5, 0.6) is 0 Å². The molecule has 1 heterocycles. The van der Waals surface area contributed by atoms with Crippen LogP contribution in [0.2, 0.25) is 0 Å². The van der Waals surface area contributed by atoms with E-state index in [9.17, 15) is 9.59 Å². The Labute approximate surface area is 105 Å². The highest BCUT2D eigenvalue weighted by molar-refractivity contribution is 5.88. The third-order valence-corrected chi connectivity index (χ3v) is 2.28. The first-order valence-corrected chi connectivity index (χ1v) is 5.74. The third kappa shape index (κ3) is 4.44. The first kappa shape index (κ1) is 14.0. The van der Waals surface area contributed by atoms with Crippen molar-refractivity contribution in [3.05, 3.63) is 11.8 Å². The molecule has 0 aliphatic carbocycles. The molecule has 0 aliphatic rings. The van der Waals surface area contributed by atoms with Crippen molar-refractivity contribution in [1.29, 1.82) is 0 Å². The predicted molar refractivity (Wildman–Crippen MR) is 66.2 cm³/mol. The van der Waals surface area contributed by atoms with Gasteiger partial charge in [-0.25, -0.2) is 4.79 Å². The minimum atomic E-state index is -0.391. The molecule has 0 unspecified atom stereocenters. The number of ether oxygens (including phenoxy) is 1. The van der Waals surface area contributed by atoms with Crippen molar-refractivity contribution < 1.29 is 14.3 Å². The molecule has 0 spiro atoms. The second-order valence-corrected chi connectivity index (χ2v) is 3.73. The molecule has 0 radical (unpaired) electrons. The summed E-state index contributed by atoms with van der Waals surface area (Å²) in [4.78, 5) is 22.5. The molecule has 1 aromatic heterocycles. The number of carbonyl (C=O) groups is 2. The predicted octanol–water partition coefficient (Wildman–Crippen LogP) is 0.803. The number of aryl methyl sites for hydroxylation is 2. The highest BCUT2D eigenvalue weighted by Crippen LogP contribution is 2.05. The quantitative estimate of drug-likeness (QED) is 0.761. The second kappa shape index (κ2) is 6.63. The van der Waals surface area contributed by atoms with Gasteiger partial charge in [-0.05, 0) is 13.8 Å². The zero-order valence-corrected chi connectivity index (χ0v) is 10.8. The molecule has 0 aromatic carbocycles. The second-order valence-electron chi connectivity index (χ2n) is 3.73. The number of anilines is 1. The average molecular weight is 254 g/mol. The maximum absolute atomic E-state index is 11.4. The number of nitrogens with zero attached hydrogens (tertiary/aromatic N) is 2. The summed E-state index contributed by atoms with van der Waals surface area (Å²) in [5.74, 6) is 0.148. The van der Waals surface area contributed by atoms with Crippen molar-refractivity contribution in [2.75, 3.05) is 18.5 Å². The minimum absolute atomic E-state index is 0.155. The van der Waals surface area contributed by atoms with E-state index in [4.69, 9.17) is 4.74 Å². The van der Waals surface area contributed by atoms with E-state index < -0.39 is 6.03 Å². The van der Waals surface area contributed by atoms with Gasteiger partial charge in [-0.3, -0.25) is 14.8 Å². The van der Waals surface area contributed by atoms with Gasteiger partial charge in [0.15, 0.2) is 5.82 Å². The fourth-order valence-corrected chi connectivity index (χ4v) is 1.29. The SMILES string of the molecule is CCOC(=O)CCNC(=O)Nc1cc(C)n(C)n1. The molecule has 0 fully saturated rings. The lowest BCUT2D eigenvalue weighted by Gasteiger charge is -2.05. The maximum Gasteiger partial charge on any atom is 0.320 e. The van der Waals surface area contributed by atoms with Crippen molar-refractivity contribution in [3.8, 4) is 0 Å². The van der Waals surface area contributed by atoms with Crippen LogP contribution in [-0.2, 0) is 16.6 Å². The molecule has 7 nitrogen and oxygen atoms in total. The Morgan fingerprint density at radius 3 is 2.78 bits per heavy atom. The molecule has 1 aromatic rings. The van der Waals surface area contributed by atoms with Crippen LogP contribution < -0.4 is 10.6 Å². The summed E-state index contributed by atoms with van der Waals surface area (Å²) in [5.41, 5.74) is 0.942. The standard InChI is InChI=1S/C11H18N4O3/c1-4-18-10(16)5-6-12-11(17)13-9-7-8(2)15(3)14-9/h7H,4-6H2,1-3H3,(H2,12,13,14,17). The van der Waals surface area contributed by atoms with Crippen molar-refractivity contribution in [2.45, 2.75) is 20.3 Å². The van der Waals surface area contributed by atoms with Gasteiger partial charge in [-0.1, -0.05) is 0 Å². The summed E-state index contributed by atoms with van der Waals surface area (Å²) in [6, 6.07) is 1.36. The fraction of sp³-hybridized carbons (Fsp3) is 0.545. The smallest absolute Gasteiger partial charge is 0.320 e. The lowest BCUT2D eigenvalue weighted by Crippen LogP contribution is -2.31. The number of urea groups is 1. The molecule has 0 saturated carbocycles. The van der Waals surface area contributed by atoms with Gasteiger partial charge in [0.2, 0.25) is 0 Å². The Bertz CT molecular complexity index is 408. The Morgan fingerprint density at radius 1 is 1.50 bits per heavy atom. The van der Waals surface area contributed by atoms with Gasteiger partial charge in [0, 0.05) is 25.4 Å². The van der Waals surface area contributed by atoms with Gasteiger partial charge in [0.1, 0.15) is 0 Å². The number of aromatic nitrogens is 2. The number of esters is 1. The minimum Gasteiger partial charge on any atom is -0.466 e. The summed E-state index contributed by atoms with van der Waals surface area (Å²) in [6.45, 7) is 4.20. The molecule has 0 atom stereocenters. The van der Waals surface area contributed by atoms with Gasteiger partial charge in [0.25, 0.3) is 0 Å². The number of rotatable bonds is 5. The molecule has 2 N–H and O–H groups in total. The van der Waals surface area contributed by atoms with E-state index in [1.165, 1.54) is 0 Å². The Hall–Kier alpha value is -2.05. The molecule has 0 bridgehead atoms. The maximum atomic E-state index is 11.4. The van der Waals surface area contributed by atoms with E-state index in [1.54, 1.807) is 24.7 Å². The van der Waals surface area contributed by atoms with Crippen LogP contribution >= 0.6 is 0 Å². The molecule has 0 saturated heterocycles. The molecular formula is C11H18N4O3. The first-order valence-electron chi connectivity index (χ1n) is 5.74. The van der Waals surface area contributed by atoms with Gasteiger partial charge < -0.3 is 10.1 Å². The molecular weight excluding hydrogens is 236 g/mol. The van der Waals surface area contributed by atoms with Gasteiger partial charge in [-0.2, -0.15) is 5.10 Å². The summed E-state index contributed by atoms with van der Waals surface area (Å²) in [5, 5.41) is 9.20. The van der Waals surface area contributed by atoms with E-state index >= 15 is 0 Å². The Balaban J connectivity index is 2.27. The number of amides is 2. The van der Waals surface area contributed by atoms with Gasteiger partial charge in [0.05, 0.1) is 13.0 Å². The van der Waals surface area contributed by atoms with Gasteiger partial charge >= 0.3 is 12.0 Å². The van der Waals surface area contributed by atoms with Gasteiger partial charge in [-0.15, -0.1) is 0 Å². The highest BCUT2D eigenvalue weighted by Gasteiger charge is 2.07. The van der Waals surface area contributed by atoms with Crippen LogP contribution in [0.4, 0.5) is 10.6 Å². The lowest BCUT2D eigenvalue weighted by atomic mass is 10.4. The van der Waals surface area contributed by atoms with Crippen LogP contribution in [0.3, 0.4) is 0 Å². The molecule has 18 heavy (non-hydrogen) atoms. The van der Waals surface area contributed by atoms with E-state index in [0.717, 1.165) is 5.69 Å². The fourth-order valence-electron chi connectivity index (χ4n) is 1.29. The average Bonchev–Trinajstić information content (AvgIpc) is 2.58. The van der Waals surface area contributed by atoms with Crippen LogP contribution in [0.15, 0.2) is 6.07 Å². The molecule has 2 amide bonds. The van der Waals surface area contributed by atoms with Crippen LogP contribution in [0.1, 0.15) is 19.0 Å². The van der Waals surface area contributed by atoms with Crippen molar-refractivity contribution >= 4 is 17.8 Å². The Morgan fingerprint density at radius 2 is 2.22 bits per heavy atom. The normalized spacial score (nSPS) is 9.94. The van der Waals surface area contributed by atoms with E-state index in [2.05, 4.69) is 15.7 Å². The van der Waals surface area contributed by atoms with E-state index in [-0.39, 0.29) is 18.9 Å². The number of hydrogen-bond acceptors (Lipinski definition) is 4. The summed E-state index contributed by atoms with van der Waals surface area (Å²) >= 11 is 0. The van der Waals surface area contributed by atoms with Crippen LogP contribution in [0, 0.1) is 6.92 Å². The largest absolute Gasteiger partial charge is 0.466 e. The molecule has 1 rings (SSSR count). The third-order valence-electron chi connectivity index (χ3n) is 2.28. The number of hydrogen-bond donors (Lipinski definition) is 2. The lowest BCUT2D eigenvalue weighted by molar-refractivity contribution is -0.142. The van der Waals surface area contributed by atoms with E-state index in [0.29, 0.717) is 12.4 Å². The molecule has 7 heteroatoms. The van der Waals surface area contributed by atoms with Crippen LogP contribution in [-0.4, -0.2) is 34.9 Å². The first-order chi connectivity index (χ1) is 8.52. The summed E-state index contributed by atoms with van der Waals surface area (Å²) in [6.07, 6.45) is 0.155. The molecule has 0 aliphatic heterocycles. The van der Waals surface area contributed by atoms with Crippen LogP contribution in [0.25, 0.3) is 0 Å². The number of nitrogens with one attached hydrogen (secondary N) is 2. The zero-order chi connectivity index (χ0) is 13.5. The summed E-state index contributed by atoms with van der Waals surface area (Å²) in [7, 11) is 1.79. The molecule has 100 valence electrons. The van der Waals surface area contributed by atoms with Crippen molar-refractivity contribution in [2.24, 2.45) is 7.05 Å².